The van der Waals surface area contributed by atoms with Gasteiger partial charge in [0.15, 0.2) is 11.5 Å². The first-order valence-electron chi connectivity index (χ1n) is 8.47. The van der Waals surface area contributed by atoms with Crippen LogP contribution in [-0.2, 0) is 0 Å². The zero-order valence-electron chi connectivity index (χ0n) is 14.2. The number of aryl methyl sites for hydroxylation is 1. The Bertz CT molecular complexity index is 1090. The van der Waals surface area contributed by atoms with E-state index in [9.17, 15) is 0 Å². The predicted octanol–water partition coefficient (Wildman–Crippen LogP) is 4.89. The molecule has 26 heavy (non-hydrogen) atoms. The van der Waals surface area contributed by atoms with Crippen LogP contribution >= 0.6 is 11.3 Å². The lowest BCUT2D eigenvalue weighted by molar-refractivity contribution is 0.171. The molecule has 0 atom stereocenters. The zero-order valence-corrected chi connectivity index (χ0v) is 15.0. The summed E-state index contributed by atoms with van der Waals surface area (Å²) in [6, 6.07) is 14.2. The topological polar surface area (TPSA) is 47.8 Å². The Kier molecular flexibility index (Phi) is 3.57. The van der Waals surface area contributed by atoms with Crippen molar-refractivity contribution < 1.29 is 9.47 Å². The lowest BCUT2D eigenvalue weighted by atomic mass is 10.2. The van der Waals surface area contributed by atoms with Crippen molar-refractivity contribution in [2.45, 2.75) is 6.92 Å². The van der Waals surface area contributed by atoms with E-state index in [0.717, 1.165) is 45.6 Å². The third-order valence-corrected chi connectivity index (χ3v) is 5.12. The van der Waals surface area contributed by atoms with Crippen LogP contribution in [0.25, 0.3) is 16.9 Å². The average molecular weight is 363 g/mol. The van der Waals surface area contributed by atoms with E-state index in [-0.39, 0.29) is 0 Å². The first kappa shape index (κ1) is 15.3. The van der Waals surface area contributed by atoms with Crippen molar-refractivity contribution in [1.82, 2.24) is 9.38 Å². The van der Waals surface area contributed by atoms with Crippen LogP contribution in [0.4, 0.5) is 11.5 Å². The normalized spacial score (nSPS) is 13.1. The number of imidazole rings is 1. The maximum absolute atomic E-state index is 5.71. The van der Waals surface area contributed by atoms with Crippen LogP contribution in [0.1, 0.15) is 5.69 Å². The third-order valence-electron chi connectivity index (χ3n) is 4.44. The highest BCUT2D eigenvalue weighted by Gasteiger charge is 2.17. The number of thiophene rings is 1. The Morgan fingerprint density at radius 3 is 2.81 bits per heavy atom. The summed E-state index contributed by atoms with van der Waals surface area (Å²) in [5, 5.41) is 7.73. The van der Waals surface area contributed by atoms with Crippen LogP contribution in [0.2, 0.25) is 0 Å². The van der Waals surface area contributed by atoms with Gasteiger partial charge < -0.3 is 14.8 Å². The fourth-order valence-electron chi connectivity index (χ4n) is 3.23. The van der Waals surface area contributed by atoms with Crippen molar-refractivity contribution in [1.29, 1.82) is 0 Å². The van der Waals surface area contributed by atoms with Crippen LogP contribution in [-0.4, -0.2) is 22.6 Å². The molecule has 130 valence electrons. The standard InChI is InChI=1S/C20H17N3O2S/c1-13-3-2-4-18-22-19(14-7-10-26-12-14)20(23(13)18)21-15-5-6-16-17(11-15)25-9-8-24-16/h2-7,10-12,21H,8-9H2,1H3. The molecule has 5 rings (SSSR count). The van der Waals surface area contributed by atoms with E-state index in [1.807, 2.05) is 30.3 Å². The fraction of sp³-hybridized carbons (Fsp3) is 0.150. The van der Waals surface area contributed by atoms with Gasteiger partial charge in [0.1, 0.15) is 30.4 Å². The number of benzene rings is 1. The predicted molar refractivity (Wildman–Crippen MR) is 104 cm³/mol. The molecule has 0 fully saturated rings. The Labute approximate surface area is 154 Å². The summed E-state index contributed by atoms with van der Waals surface area (Å²) in [7, 11) is 0. The summed E-state index contributed by atoms with van der Waals surface area (Å²) in [5.41, 5.74) is 5.03. The molecule has 0 amide bonds. The Hall–Kier alpha value is -2.99. The zero-order chi connectivity index (χ0) is 17.5. The molecule has 1 N–H and O–H groups in total. The first-order chi connectivity index (χ1) is 12.8. The molecule has 0 saturated heterocycles. The van der Waals surface area contributed by atoms with Crippen molar-refractivity contribution in [3.8, 4) is 22.8 Å². The summed E-state index contributed by atoms with van der Waals surface area (Å²) >= 11 is 1.67. The second kappa shape index (κ2) is 6.07. The largest absolute Gasteiger partial charge is 0.486 e. The van der Waals surface area contributed by atoms with Crippen LogP contribution in [0.5, 0.6) is 11.5 Å². The second-order valence-corrected chi connectivity index (χ2v) is 6.95. The van der Waals surface area contributed by atoms with Gasteiger partial charge in [0, 0.05) is 28.4 Å². The van der Waals surface area contributed by atoms with E-state index in [1.165, 1.54) is 0 Å². The van der Waals surface area contributed by atoms with E-state index in [2.05, 4.69) is 39.5 Å². The SMILES string of the molecule is Cc1cccc2nc(-c3ccsc3)c(Nc3ccc4c(c3)OCCO4)n12. The molecule has 1 aromatic carbocycles. The number of nitrogens with zero attached hydrogens (tertiary/aromatic N) is 2. The molecule has 0 bridgehead atoms. The first-order valence-corrected chi connectivity index (χ1v) is 9.41. The smallest absolute Gasteiger partial charge is 0.163 e. The van der Waals surface area contributed by atoms with Gasteiger partial charge in [-0.15, -0.1) is 0 Å². The lowest BCUT2D eigenvalue weighted by Gasteiger charge is -2.19. The summed E-state index contributed by atoms with van der Waals surface area (Å²) < 4.78 is 13.5. The molecular weight excluding hydrogens is 346 g/mol. The number of nitrogens with one attached hydrogen (secondary N) is 1. The van der Waals surface area contributed by atoms with Gasteiger partial charge in [-0.1, -0.05) is 6.07 Å². The molecule has 1 aliphatic heterocycles. The van der Waals surface area contributed by atoms with Crippen molar-refractivity contribution in [3.63, 3.8) is 0 Å². The minimum atomic E-state index is 0.575. The molecule has 0 radical (unpaired) electrons. The molecular formula is C20H17N3O2S. The maximum Gasteiger partial charge on any atom is 0.163 e. The molecule has 5 nitrogen and oxygen atoms in total. The number of rotatable bonds is 3. The fourth-order valence-corrected chi connectivity index (χ4v) is 3.87. The highest BCUT2D eigenvalue weighted by molar-refractivity contribution is 7.08. The van der Waals surface area contributed by atoms with Gasteiger partial charge in [-0.2, -0.15) is 11.3 Å². The Balaban J connectivity index is 1.65. The minimum absolute atomic E-state index is 0.575. The lowest BCUT2D eigenvalue weighted by Crippen LogP contribution is -2.15. The second-order valence-electron chi connectivity index (χ2n) is 6.17. The van der Waals surface area contributed by atoms with Gasteiger partial charge in [-0.3, -0.25) is 4.40 Å². The number of hydrogen-bond donors (Lipinski definition) is 1. The quantitative estimate of drug-likeness (QED) is 0.563. The van der Waals surface area contributed by atoms with Crippen LogP contribution in [0.3, 0.4) is 0 Å². The maximum atomic E-state index is 5.71. The number of hydrogen-bond acceptors (Lipinski definition) is 5. The van der Waals surface area contributed by atoms with Crippen molar-refractivity contribution in [3.05, 3.63) is 58.9 Å². The molecule has 0 aliphatic carbocycles. The molecule has 6 heteroatoms. The minimum Gasteiger partial charge on any atom is -0.486 e. The highest BCUT2D eigenvalue weighted by Crippen LogP contribution is 2.37. The molecule has 0 saturated carbocycles. The molecule has 3 aromatic heterocycles. The Morgan fingerprint density at radius 2 is 1.96 bits per heavy atom. The number of ether oxygens (including phenoxy) is 2. The van der Waals surface area contributed by atoms with E-state index < -0.39 is 0 Å². The molecule has 4 heterocycles. The van der Waals surface area contributed by atoms with Crippen LogP contribution in [0, 0.1) is 6.92 Å². The number of aromatic nitrogens is 2. The summed E-state index contributed by atoms with van der Waals surface area (Å²) in [6.45, 7) is 3.25. The van der Waals surface area contributed by atoms with E-state index >= 15 is 0 Å². The van der Waals surface area contributed by atoms with Gasteiger partial charge in [-0.25, -0.2) is 4.98 Å². The van der Waals surface area contributed by atoms with Gasteiger partial charge in [0.25, 0.3) is 0 Å². The highest BCUT2D eigenvalue weighted by atomic mass is 32.1. The number of pyridine rings is 1. The van der Waals surface area contributed by atoms with E-state index in [1.54, 1.807) is 11.3 Å². The van der Waals surface area contributed by atoms with Gasteiger partial charge in [0.2, 0.25) is 0 Å². The number of anilines is 2. The molecule has 0 unspecified atom stereocenters. The summed E-state index contributed by atoms with van der Waals surface area (Å²) in [5.74, 6) is 2.51. The van der Waals surface area contributed by atoms with Crippen molar-refractivity contribution in [2.75, 3.05) is 18.5 Å². The van der Waals surface area contributed by atoms with Gasteiger partial charge >= 0.3 is 0 Å². The average Bonchev–Trinajstić information content (AvgIpc) is 3.30. The Morgan fingerprint density at radius 1 is 1.08 bits per heavy atom. The van der Waals surface area contributed by atoms with Crippen molar-refractivity contribution in [2.24, 2.45) is 0 Å². The summed E-state index contributed by atoms with van der Waals surface area (Å²) in [6.07, 6.45) is 0. The van der Waals surface area contributed by atoms with E-state index in [4.69, 9.17) is 14.5 Å². The van der Waals surface area contributed by atoms with Crippen molar-refractivity contribution >= 4 is 28.5 Å². The molecule has 0 spiro atoms. The van der Waals surface area contributed by atoms with Gasteiger partial charge in [0.05, 0.1) is 0 Å². The summed E-state index contributed by atoms with van der Waals surface area (Å²) in [4.78, 5) is 4.85. The number of fused-ring (bicyclic) bond motifs is 2. The van der Waals surface area contributed by atoms with E-state index in [0.29, 0.717) is 13.2 Å². The monoisotopic (exact) mass is 363 g/mol. The molecule has 4 aromatic rings. The third kappa shape index (κ3) is 2.50. The van der Waals surface area contributed by atoms with Crippen LogP contribution in [0.15, 0.2) is 53.2 Å². The van der Waals surface area contributed by atoms with Gasteiger partial charge in [-0.05, 0) is 42.6 Å². The van der Waals surface area contributed by atoms with Crippen LogP contribution < -0.4 is 14.8 Å². The molecule has 1 aliphatic rings.